The summed E-state index contributed by atoms with van der Waals surface area (Å²) in [5.74, 6) is -1.13. The van der Waals surface area contributed by atoms with Gasteiger partial charge in [-0.2, -0.15) is 0 Å². The van der Waals surface area contributed by atoms with Crippen molar-refractivity contribution >= 4 is 17.7 Å². The molecule has 1 aromatic carbocycles. The summed E-state index contributed by atoms with van der Waals surface area (Å²) in [6.07, 6.45) is 0. The van der Waals surface area contributed by atoms with E-state index in [-0.39, 0.29) is 11.9 Å². The summed E-state index contributed by atoms with van der Waals surface area (Å²) in [5.41, 5.74) is 0.835. The van der Waals surface area contributed by atoms with Gasteiger partial charge in [-0.05, 0) is 12.1 Å². The van der Waals surface area contributed by atoms with Crippen LogP contribution in [0.5, 0.6) is 0 Å². The van der Waals surface area contributed by atoms with Crippen LogP contribution in [0.25, 0.3) is 0 Å². The van der Waals surface area contributed by atoms with Gasteiger partial charge < -0.3 is 10.0 Å². The second-order valence-corrected chi connectivity index (χ2v) is 4.97. The Morgan fingerprint density at radius 3 is 2.42 bits per heavy atom. The molecule has 5 nitrogen and oxygen atoms in total. The lowest BCUT2D eigenvalue weighted by molar-refractivity contribution is -0.144. The Balaban J connectivity index is 1.92. The fourth-order valence-electron chi connectivity index (χ4n) is 2.16. The van der Waals surface area contributed by atoms with Crippen molar-refractivity contribution in [2.75, 3.05) is 25.0 Å². The minimum absolute atomic E-state index is 0.0608. The summed E-state index contributed by atoms with van der Waals surface area (Å²) in [7, 11) is 1.73. The van der Waals surface area contributed by atoms with Crippen molar-refractivity contribution in [1.29, 1.82) is 0 Å². The van der Waals surface area contributed by atoms with Crippen molar-refractivity contribution in [3.05, 3.63) is 30.3 Å². The molecule has 102 valence electrons. The zero-order chi connectivity index (χ0) is 14.0. The zero-order valence-electron chi connectivity index (χ0n) is 11.1. The van der Waals surface area contributed by atoms with Gasteiger partial charge in [-0.1, -0.05) is 25.1 Å². The van der Waals surface area contributed by atoms with Crippen LogP contribution in [0.1, 0.15) is 6.92 Å². The van der Waals surface area contributed by atoms with E-state index in [4.69, 9.17) is 5.11 Å². The van der Waals surface area contributed by atoms with E-state index in [1.807, 2.05) is 30.3 Å². The minimum atomic E-state index is -0.798. The molecule has 1 unspecified atom stereocenters. The molecule has 0 saturated carbocycles. The summed E-state index contributed by atoms with van der Waals surface area (Å²) in [5, 5.41) is 8.92. The third-order valence-corrected chi connectivity index (χ3v) is 3.71. The van der Waals surface area contributed by atoms with Crippen molar-refractivity contribution in [3.8, 4) is 0 Å². The maximum absolute atomic E-state index is 12.2. The molecule has 1 aliphatic rings. The number of carboxylic acids is 1. The van der Waals surface area contributed by atoms with Crippen LogP contribution in [0.15, 0.2) is 30.3 Å². The number of likely N-dealkylation sites (tertiary alicyclic amines) is 1. The Morgan fingerprint density at radius 1 is 1.32 bits per heavy atom. The van der Waals surface area contributed by atoms with Gasteiger partial charge >= 0.3 is 12.0 Å². The number of nitrogens with zero attached hydrogens (tertiary/aromatic N) is 2. The van der Waals surface area contributed by atoms with E-state index in [2.05, 4.69) is 0 Å². The number of hydrogen-bond acceptors (Lipinski definition) is 2. The van der Waals surface area contributed by atoms with Gasteiger partial charge in [0.1, 0.15) is 0 Å². The van der Waals surface area contributed by atoms with E-state index in [0.717, 1.165) is 5.69 Å². The summed E-state index contributed by atoms with van der Waals surface area (Å²) >= 11 is 0. The molecule has 1 aliphatic heterocycles. The lowest BCUT2D eigenvalue weighted by Crippen LogP contribution is -2.56. The molecule has 2 amide bonds. The van der Waals surface area contributed by atoms with Crippen molar-refractivity contribution in [2.45, 2.75) is 6.92 Å². The fourth-order valence-corrected chi connectivity index (χ4v) is 2.16. The van der Waals surface area contributed by atoms with Crippen molar-refractivity contribution < 1.29 is 14.7 Å². The highest BCUT2D eigenvalue weighted by molar-refractivity contribution is 5.92. The minimum Gasteiger partial charge on any atom is -0.481 e. The Kier molecular flexibility index (Phi) is 3.74. The molecule has 1 fully saturated rings. The number of carboxylic acid groups (broad SMARTS) is 1. The molecule has 1 atom stereocenters. The lowest BCUT2D eigenvalue weighted by Gasteiger charge is -2.42. The van der Waals surface area contributed by atoms with Crippen LogP contribution >= 0.6 is 0 Å². The average Bonchev–Trinajstić information content (AvgIpc) is 2.36. The quantitative estimate of drug-likeness (QED) is 0.905. The molecule has 0 radical (unpaired) electrons. The van der Waals surface area contributed by atoms with Gasteiger partial charge in [-0.3, -0.25) is 9.69 Å². The Labute approximate surface area is 112 Å². The molecule has 2 rings (SSSR count). The van der Waals surface area contributed by atoms with Gasteiger partial charge in [0.05, 0.1) is 5.92 Å². The van der Waals surface area contributed by atoms with Crippen LogP contribution in [0.2, 0.25) is 0 Å². The normalized spacial score (nSPS) is 16.6. The second-order valence-electron chi connectivity index (χ2n) is 4.97. The van der Waals surface area contributed by atoms with Gasteiger partial charge in [0.15, 0.2) is 0 Å². The van der Waals surface area contributed by atoms with E-state index in [1.165, 1.54) is 0 Å². The molecule has 0 aliphatic carbocycles. The second kappa shape index (κ2) is 5.30. The first-order valence-corrected chi connectivity index (χ1v) is 6.31. The van der Waals surface area contributed by atoms with E-state index in [1.54, 1.807) is 23.8 Å². The third kappa shape index (κ3) is 2.70. The Hall–Kier alpha value is -2.04. The third-order valence-electron chi connectivity index (χ3n) is 3.71. The lowest BCUT2D eigenvalue weighted by atomic mass is 9.87. The van der Waals surface area contributed by atoms with Crippen LogP contribution < -0.4 is 4.90 Å². The van der Waals surface area contributed by atoms with Crippen LogP contribution in [-0.2, 0) is 4.79 Å². The van der Waals surface area contributed by atoms with E-state index >= 15 is 0 Å². The molecule has 0 spiro atoms. The highest BCUT2D eigenvalue weighted by atomic mass is 16.4. The first-order valence-electron chi connectivity index (χ1n) is 6.31. The SMILES string of the molecule is CC(C(=O)O)C1CN(C(=O)N(C)c2ccccc2)C1. The molecular formula is C14H18N2O3. The summed E-state index contributed by atoms with van der Waals surface area (Å²) in [6.45, 7) is 2.72. The number of hydrogen-bond donors (Lipinski definition) is 1. The fraction of sp³-hybridized carbons (Fsp3) is 0.429. The largest absolute Gasteiger partial charge is 0.481 e. The number of para-hydroxylation sites is 1. The zero-order valence-corrected chi connectivity index (χ0v) is 11.1. The molecule has 1 N–H and O–H groups in total. The molecule has 1 saturated heterocycles. The predicted molar refractivity (Wildman–Crippen MR) is 72.1 cm³/mol. The van der Waals surface area contributed by atoms with E-state index in [9.17, 15) is 9.59 Å². The number of aliphatic carboxylic acids is 1. The van der Waals surface area contributed by atoms with Crippen LogP contribution in [0, 0.1) is 11.8 Å². The Morgan fingerprint density at radius 2 is 1.89 bits per heavy atom. The van der Waals surface area contributed by atoms with E-state index in [0.29, 0.717) is 13.1 Å². The summed E-state index contributed by atoms with van der Waals surface area (Å²) in [6, 6.07) is 9.31. The number of benzene rings is 1. The summed E-state index contributed by atoms with van der Waals surface area (Å²) in [4.78, 5) is 26.3. The topological polar surface area (TPSA) is 60.9 Å². The smallest absolute Gasteiger partial charge is 0.324 e. The molecule has 19 heavy (non-hydrogen) atoms. The molecule has 1 heterocycles. The number of amides is 2. The van der Waals surface area contributed by atoms with Crippen LogP contribution in [0.3, 0.4) is 0 Å². The van der Waals surface area contributed by atoms with Crippen LogP contribution in [-0.4, -0.2) is 42.1 Å². The van der Waals surface area contributed by atoms with Gasteiger partial charge in [-0.25, -0.2) is 4.79 Å². The molecule has 0 aromatic heterocycles. The van der Waals surface area contributed by atoms with Crippen LogP contribution in [0.4, 0.5) is 10.5 Å². The van der Waals surface area contributed by atoms with Gasteiger partial charge in [0.25, 0.3) is 0 Å². The maximum atomic E-state index is 12.2. The first-order chi connectivity index (χ1) is 9.00. The predicted octanol–water partition coefficient (Wildman–Crippen LogP) is 1.90. The molecular weight excluding hydrogens is 244 g/mol. The molecule has 5 heteroatoms. The molecule has 1 aromatic rings. The summed E-state index contributed by atoms with van der Waals surface area (Å²) < 4.78 is 0. The number of carbonyl (C=O) groups is 2. The average molecular weight is 262 g/mol. The van der Waals surface area contributed by atoms with Crippen molar-refractivity contribution in [3.63, 3.8) is 0 Å². The Bertz CT molecular complexity index is 469. The molecule has 0 bridgehead atoms. The first kappa shape index (κ1) is 13.4. The standard InChI is InChI=1S/C14H18N2O3/c1-10(13(17)18)11-8-16(9-11)14(19)15(2)12-6-4-3-5-7-12/h3-7,10-11H,8-9H2,1-2H3,(H,17,18). The van der Waals surface area contributed by atoms with Gasteiger partial charge in [-0.15, -0.1) is 0 Å². The van der Waals surface area contributed by atoms with Crippen molar-refractivity contribution in [1.82, 2.24) is 4.90 Å². The van der Waals surface area contributed by atoms with Gasteiger partial charge in [0.2, 0.25) is 0 Å². The number of anilines is 1. The highest BCUT2D eigenvalue weighted by Crippen LogP contribution is 2.26. The van der Waals surface area contributed by atoms with Crippen molar-refractivity contribution in [2.24, 2.45) is 11.8 Å². The van der Waals surface area contributed by atoms with E-state index < -0.39 is 11.9 Å². The number of rotatable bonds is 3. The highest BCUT2D eigenvalue weighted by Gasteiger charge is 2.38. The number of carbonyl (C=O) groups excluding carboxylic acids is 1. The maximum Gasteiger partial charge on any atom is 0.324 e. The van der Waals surface area contributed by atoms with Gasteiger partial charge in [0, 0.05) is 31.7 Å². The monoisotopic (exact) mass is 262 g/mol. The number of urea groups is 1.